The van der Waals surface area contributed by atoms with E-state index in [0.717, 1.165) is 11.3 Å². The topological polar surface area (TPSA) is 39.1 Å². The molecule has 0 aliphatic heterocycles. The number of aromatic nitrogens is 2. The lowest BCUT2D eigenvalue weighted by molar-refractivity contribution is 0.210. The molecule has 2 rings (SSSR count). The van der Waals surface area contributed by atoms with Gasteiger partial charge in [0.25, 0.3) is 0 Å². The molecule has 2 aromatic rings. The monoisotopic (exact) mass is 327 g/mol. The zero-order chi connectivity index (χ0) is 13.8. The van der Waals surface area contributed by atoms with Gasteiger partial charge in [-0.3, -0.25) is 4.57 Å². The summed E-state index contributed by atoms with van der Waals surface area (Å²) in [5.41, 5.74) is 1.72. The number of imidazole rings is 1. The van der Waals surface area contributed by atoms with Crippen molar-refractivity contribution in [3.63, 3.8) is 0 Å². The predicted molar refractivity (Wildman–Crippen MR) is 76.3 cm³/mol. The van der Waals surface area contributed by atoms with Gasteiger partial charge in [-0.1, -0.05) is 0 Å². The maximum absolute atomic E-state index is 13.4. The van der Waals surface area contributed by atoms with Crippen LogP contribution >= 0.6 is 15.9 Å². The molecule has 102 valence electrons. The zero-order valence-electron chi connectivity index (χ0n) is 10.8. The number of halogens is 2. The van der Waals surface area contributed by atoms with Crippen molar-refractivity contribution < 1.29 is 9.13 Å². The van der Waals surface area contributed by atoms with Crippen LogP contribution in [0.2, 0.25) is 0 Å². The van der Waals surface area contributed by atoms with Gasteiger partial charge in [0.1, 0.15) is 5.82 Å². The SMILES string of the molecule is COCCNc1nccn1-c1cc(Br)c(F)cc1C. The molecule has 0 unspecified atom stereocenters. The summed E-state index contributed by atoms with van der Waals surface area (Å²) in [6.07, 6.45) is 3.54. The highest BCUT2D eigenvalue weighted by molar-refractivity contribution is 9.10. The van der Waals surface area contributed by atoms with E-state index in [-0.39, 0.29) is 5.82 Å². The Kier molecular flexibility index (Phi) is 4.55. The second kappa shape index (κ2) is 6.16. The van der Waals surface area contributed by atoms with Crippen molar-refractivity contribution >= 4 is 21.9 Å². The van der Waals surface area contributed by atoms with E-state index < -0.39 is 0 Å². The predicted octanol–water partition coefficient (Wildman–Crippen LogP) is 3.14. The zero-order valence-corrected chi connectivity index (χ0v) is 12.4. The number of hydrogen-bond acceptors (Lipinski definition) is 3. The van der Waals surface area contributed by atoms with Crippen LogP contribution in [-0.2, 0) is 4.74 Å². The quantitative estimate of drug-likeness (QED) is 0.857. The molecule has 0 bridgehead atoms. The first kappa shape index (κ1) is 14.0. The number of ether oxygens (including phenoxy) is 1. The average molecular weight is 328 g/mol. The summed E-state index contributed by atoms with van der Waals surface area (Å²) in [7, 11) is 1.65. The number of aryl methyl sites for hydroxylation is 1. The fourth-order valence-electron chi connectivity index (χ4n) is 1.79. The molecule has 0 radical (unpaired) electrons. The molecule has 0 amide bonds. The smallest absolute Gasteiger partial charge is 0.207 e. The van der Waals surface area contributed by atoms with Crippen LogP contribution in [0.15, 0.2) is 29.0 Å². The molecule has 0 fully saturated rings. The van der Waals surface area contributed by atoms with Crippen molar-refractivity contribution in [1.29, 1.82) is 0 Å². The van der Waals surface area contributed by atoms with E-state index in [4.69, 9.17) is 4.74 Å². The van der Waals surface area contributed by atoms with Gasteiger partial charge in [-0.25, -0.2) is 9.37 Å². The van der Waals surface area contributed by atoms with Gasteiger partial charge in [-0.2, -0.15) is 0 Å². The minimum atomic E-state index is -0.268. The Morgan fingerprint density at radius 1 is 1.47 bits per heavy atom. The van der Waals surface area contributed by atoms with Crippen molar-refractivity contribution in [2.24, 2.45) is 0 Å². The Labute approximate surface area is 119 Å². The third-order valence-electron chi connectivity index (χ3n) is 2.73. The molecule has 0 saturated carbocycles. The molecule has 0 atom stereocenters. The lowest BCUT2D eigenvalue weighted by Crippen LogP contribution is -2.12. The summed E-state index contributed by atoms with van der Waals surface area (Å²) >= 11 is 3.21. The van der Waals surface area contributed by atoms with E-state index in [0.29, 0.717) is 23.6 Å². The van der Waals surface area contributed by atoms with Crippen LogP contribution in [0.4, 0.5) is 10.3 Å². The van der Waals surface area contributed by atoms with E-state index >= 15 is 0 Å². The molecule has 0 saturated heterocycles. The summed E-state index contributed by atoms with van der Waals surface area (Å²) in [4.78, 5) is 4.24. The molecule has 1 aromatic heterocycles. The largest absolute Gasteiger partial charge is 0.383 e. The van der Waals surface area contributed by atoms with Crippen LogP contribution in [0.3, 0.4) is 0 Å². The highest BCUT2D eigenvalue weighted by atomic mass is 79.9. The van der Waals surface area contributed by atoms with Gasteiger partial charge < -0.3 is 10.1 Å². The third kappa shape index (κ3) is 3.13. The van der Waals surface area contributed by atoms with Crippen LogP contribution in [0.1, 0.15) is 5.56 Å². The van der Waals surface area contributed by atoms with Gasteiger partial charge >= 0.3 is 0 Å². The van der Waals surface area contributed by atoms with E-state index in [1.54, 1.807) is 19.4 Å². The second-order valence-corrected chi connectivity index (χ2v) is 4.95. The molecule has 6 heteroatoms. The van der Waals surface area contributed by atoms with Crippen LogP contribution in [-0.4, -0.2) is 29.8 Å². The lowest BCUT2D eigenvalue weighted by atomic mass is 10.2. The maximum atomic E-state index is 13.4. The first-order valence-electron chi connectivity index (χ1n) is 5.85. The lowest BCUT2D eigenvalue weighted by Gasteiger charge is -2.12. The molecule has 0 aliphatic carbocycles. The fourth-order valence-corrected chi connectivity index (χ4v) is 2.12. The van der Waals surface area contributed by atoms with Gasteiger partial charge in [0, 0.05) is 26.0 Å². The molecular weight excluding hydrogens is 313 g/mol. The standard InChI is InChI=1S/C13H15BrFN3O/c1-9-7-11(15)10(14)8-12(9)18-5-3-16-13(18)17-4-6-19-2/h3,5,7-8H,4,6H2,1-2H3,(H,16,17). The van der Waals surface area contributed by atoms with Gasteiger partial charge in [0.05, 0.1) is 16.8 Å². The molecule has 1 N–H and O–H groups in total. The number of nitrogens with zero attached hydrogens (tertiary/aromatic N) is 2. The number of anilines is 1. The van der Waals surface area contributed by atoms with E-state index in [1.807, 2.05) is 17.7 Å². The Hall–Kier alpha value is -1.40. The maximum Gasteiger partial charge on any atom is 0.207 e. The minimum absolute atomic E-state index is 0.268. The van der Waals surface area contributed by atoms with Crippen molar-refractivity contribution in [1.82, 2.24) is 9.55 Å². The normalized spacial score (nSPS) is 10.7. The first-order valence-corrected chi connectivity index (χ1v) is 6.65. The Balaban J connectivity index is 2.32. The number of benzene rings is 1. The van der Waals surface area contributed by atoms with Crippen molar-refractivity contribution in [3.05, 3.63) is 40.4 Å². The summed E-state index contributed by atoms with van der Waals surface area (Å²) in [5.74, 6) is 0.439. The fraction of sp³-hybridized carbons (Fsp3) is 0.308. The summed E-state index contributed by atoms with van der Waals surface area (Å²) in [6, 6.07) is 3.24. The van der Waals surface area contributed by atoms with Crippen LogP contribution in [0.5, 0.6) is 0 Å². The van der Waals surface area contributed by atoms with E-state index in [2.05, 4.69) is 26.2 Å². The van der Waals surface area contributed by atoms with Crippen molar-refractivity contribution in [3.8, 4) is 5.69 Å². The third-order valence-corrected chi connectivity index (χ3v) is 3.34. The van der Waals surface area contributed by atoms with Gasteiger partial charge in [-0.15, -0.1) is 0 Å². The van der Waals surface area contributed by atoms with E-state index in [1.165, 1.54) is 6.07 Å². The van der Waals surface area contributed by atoms with Crippen LogP contribution < -0.4 is 5.32 Å². The van der Waals surface area contributed by atoms with Crippen LogP contribution in [0.25, 0.3) is 5.69 Å². The molecule has 0 spiro atoms. The molecule has 1 aromatic carbocycles. The van der Waals surface area contributed by atoms with E-state index in [9.17, 15) is 4.39 Å². The van der Waals surface area contributed by atoms with Gasteiger partial charge in [0.2, 0.25) is 5.95 Å². The first-order chi connectivity index (χ1) is 9.13. The number of rotatable bonds is 5. The van der Waals surface area contributed by atoms with Gasteiger partial charge in [-0.05, 0) is 40.5 Å². The average Bonchev–Trinajstić information content (AvgIpc) is 2.82. The second-order valence-electron chi connectivity index (χ2n) is 4.09. The Bertz CT molecular complexity index is 571. The summed E-state index contributed by atoms with van der Waals surface area (Å²) in [6.45, 7) is 3.12. The Morgan fingerprint density at radius 3 is 3.00 bits per heavy atom. The molecule has 0 aliphatic rings. The van der Waals surface area contributed by atoms with Crippen LogP contribution in [0, 0.1) is 12.7 Å². The highest BCUT2D eigenvalue weighted by Gasteiger charge is 2.10. The summed E-state index contributed by atoms with van der Waals surface area (Å²) in [5, 5.41) is 3.17. The van der Waals surface area contributed by atoms with Crippen molar-refractivity contribution in [2.45, 2.75) is 6.92 Å². The Morgan fingerprint density at radius 2 is 2.26 bits per heavy atom. The number of nitrogens with one attached hydrogen (secondary N) is 1. The van der Waals surface area contributed by atoms with Crippen molar-refractivity contribution in [2.75, 3.05) is 25.6 Å². The number of hydrogen-bond donors (Lipinski definition) is 1. The highest BCUT2D eigenvalue weighted by Crippen LogP contribution is 2.25. The van der Waals surface area contributed by atoms with Gasteiger partial charge in [0.15, 0.2) is 0 Å². The molecule has 4 nitrogen and oxygen atoms in total. The summed E-state index contributed by atoms with van der Waals surface area (Å²) < 4.78 is 20.8. The molecular formula is C13H15BrFN3O. The number of methoxy groups -OCH3 is 1. The molecule has 1 heterocycles. The minimum Gasteiger partial charge on any atom is -0.383 e. The molecule has 19 heavy (non-hydrogen) atoms.